The highest BCUT2D eigenvalue weighted by Crippen LogP contribution is 2.26. The summed E-state index contributed by atoms with van der Waals surface area (Å²) in [4.78, 5) is 12.5. The van der Waals surface area contributed by atoms with Crippen molar-refractivity contribution in [3.05, 3.63) is 21.4 Å². The van der Waals surface area contributed by atoms with Crippen LogP contribution in [0.3, 0.4) is 0 Å². The minimum Gasteiger partial charge on any atom is -0.477 e. The van der Waals surface area contributed by atoms with Gasteiger partial charge >= 0.3 is 5.97 Å². The molecule has 1 aliphatic rings. The van der Waals surface area contributed by atoms with Crippen LogP contribution in [-0.4, -0.2) is 17.1 Å². The largest absolute Gasteiger partial charge is 0.477 e. The summed E-state index contributed by atoms with van der Waals surface area (Å²) >= 11 is 1.37. The molecule has 3 nitrogen and oxygen atoms in total. The van der Waals surface area contributed by atoms with Crippen LogP contribution in [0.1, 0.15) is 65.6 Å². The third-order valence-corrected chi connectivity index (χ3v) is 5.53. The first-order valence-corrected chi connectivity index (χ1v) is 8.45. The van der Waals surface area contributed by atoms with E-state index in [1.54, 1.807) is 0 Å². The number of carbonyl (C=O) groups is 1. The van der Waals surface area contributed by atoms with Gasteiger partial charge in [0.2, 0.25) is 0 Å². The zero-order chi connectivity index (χ0) is 14.5. The Morgan fingerprint density at radius 2 is 2.05 bits per heavy atom. The smallest absolute Gasteiger partial charge is 0.345 e. The molecule has 0 spiro atoms. The molecule has 0 radical (unpaired) electrons. The molecule has 0 unspecified atom stereocenters. The molecule has 20 heavy (non-hydrogen) atoms. The van der Waals surface area contributed by atoms with Crippen LogP contribution in [0.4, 0.5) is 0 Å². The average Bonchev–Trinajstić information content (AvgIpc) is 2.64. The standard InChI is InChI=1S/C16H25NO2S/c1-11(13-7-5-3-4-6-8-13)17-10-14-9-15(16(18)19)20-12(14)2/h9,11,13,17H,3-8,10H2,1-2H3,(H,18,19)/t11-/m0/s1. The number of hydrogen-bond donors (Lipinski definition) is 2. The van der Waals surface area contributed by atoms with Gasteiger partial charge in [-0.05, 0) is 44.2 Å². The maximum Gasteiger partial charge on any atom is 0.345 e. The number of aryl methyl sites for hydroxylation is 1. The van der Waals surface area contributed by atoms with Crippen LogP contribution < -0.4 is 5.32 Å². The molecule has 1 aromatic heterocycles. The molecule has 0 saturated heterocycles. The molecular weight excluding hydrogens is 270 g/mol. The number of carboxylic acids is 1. The quantitative estimate of drug-likeness (QED) is 0.800. The van der Waals surface area contributed by atoms with Crippen molar-refractivity contribution in [2.45, 2.75) is 65.0 Å². The lowest BCUT2D eigenvalue weighted by Crippen LogP contribution is -2.33. The monoisotopic (exact) mass is 295 g/mol. The molecule has 1 atom stereocenters. The van der Waals surface area contributed by atoms with Gasteiger partial charge in [0.25, 0.3) is 0 Å². The van der Waals surface area contributed by atoms with E-state index < -0.39 is 5.97 Å². The number of thiophene rings is 1. The second kappa shape index (κ2) is 7.23. The van der Waals surface area contributed by atoms with Crippen molar-refractivity contribution in [2.75, 3.05) is 0 Å². The van der Waals surface area contributed by atoms with Crippen molar-refractivity contribution in [2.24, 2.45) is 5.92 Å². The van der Waals surface area contributed by atoms with E-state index in [4.69, 9.17) is 5.11 Å². The number of aromatic carboxylic acids is 1. The molecule has 0 aromatic carbocycles. The van der Waals surface area contributed by atoms with Crippen LogP contribution >= 0.6 is 11.3 Å². The first-order valence-electron chi connectivity index (χ1n) is 7.64. The summed E-state index contributed by atoms with van der Waals surface area (Å²) in [6.45, 7) is 5.06. The summed E-state index contributed by atoms with van der Waals surface area (Å²) < 4.78 is 0. The fourth-order valence-electron chi connectivity index (χ4n) is 3.05. The Morgan fingerprint density at radius 1 is 1.40 bits per heavy atom. The molecule has 0 aliphatic heterocycles. The summed E-state index contributed by atoms with van der Waals surface area (Å²) in [5.41, 5.74) is 1.13. The second-order valence-corrected chi connectivity index (χ2v) is 7.17. The minimum atomic E-state index is -0.818. The summed E-state index contributed by atoms with van der Waals surface area (Å²) in [5.74, 6) is -0.0449. The normalized spacial score (nSPS) is 18.7. The van der Waals surface area contributed by atoms with Gasteiger partial charge in [0, 0.05) is 17.5 Å². The van der Waals surface area contributed by atoms with E-state index in [0.717, 1.165) is 22.9 Å². The highest BCUT2D eigenvalue weighted by Gasteiger charge is 2.19. The summed E-state index contributed by atoms with van der Waals surface area (Å²) in [7, 11) is 0. The molecule has 1 heterocycles. The molecule has 1 saturated carbocycles. The molecule has 2 N–H and O–H groups in total. The van der Waals surface area contributed by atoms with Gasteiger partial charge in [0.1, 0.15) is 4.88 Å². The van der Waals surface area contributed by atoms with Gasteiger partial charge in [-0.15, -0.1) is 11.3 Å². The first-order chi connectivity index (χ1) is 9.58. The Balaban J connectivity index is 1.89. The minimum absolute atomic E-state index is 0.446. The van der Waals surface area contributed by atoms with Gasteiger partial charge in [-0.2, -0.15) is 0 Å². The predicted molar refractivity (Wildman–Crippen MR) is 83.5 cm³/mol. The summed E-state index contributed by atoms with van der Waals surface area (Å²) in [5, 5.41) is 12.6. The number of rotatable bonds is 5. The summed E-state index contributed by atoms with van der Waals surface area (Å²) in [6, 6.07) is 2.33. The van der Waals surface area contributed by atoms with Crippen LogP contribution in [0.5, 0.6) is 0 Å². The van der Waals surface area contributed by atoms with Crippen molar-refractivity contribution in [1.29, 1.82) is 0 Å². The van der Waals surface area contributed by atoms with Crippen LogP contribution in [0, 0.1) is 12.8 Å². The lowest BCUT2D eigenvalue weighted by molar-refractivity contribution is 0.0702. The van der Waals surface area contributed by atoms with Crippen molar-refractivity contribution in [1.82, 2.24) is 5.32 Å². The van der Waals surface area contributed by atoms with E-state index in [0.29, 0.717) is 10.9 Å². The van der Waals surface area contributed by atoms with E-state index in [-0.39, 0.29) is 0 Å². The van der Waals surface area contributed by atoms with Crippen LogP contribution in [0.15, 0.2) is 6.07 Å². The highest BCUT2D eigenvalue weighted by molar-refractivity contribution is 7.14. The number of hydrogen-bond acceptors (Lipinski definition) is 3. The van der Waals surface area contributed by atoms with Crippen molar-refractivity contribution >= 4 is 17.3 Å². The van der Waals surface area contributed by atoms with Gasteiger partial charge in [-0.3, -0.25) is 0 Å². The van der Waals surface area contributed by atoms with E-state index in [1.807, 2.05) is 13.0 Å². The van der Waals surface area contributed by atoms with Gasteiger partial charge in [-0.1, -0.05) is 25.7 Å². The molecule has 0 bridgehead atoms. The fraction of sp³-hybridized carbons (Fsp3) is 0.688. The van der Waals surface area contributed by atoms with Gasteiger partial charge in [-0.25, -0.2) is 4.79 Å². The van der Waals surface area contributed by atoms with Crippen LogP contribution in [0.2, 0.25) is 0 Å². The molecular formula is C16H25NO2S. The summed E-state index contributed by atoms with van der Waals surface area (Å²) in [6.07, 6.45) is 8.15. The first kappa shape index (κ1) is 15.5. The SMILES string of the molecule is Cc1sc(C(=O)O)cc1CN[C@@H](C)C1CCCCCC1. The Bertz CT molecular complexity index is 447. The van der Waals surface area contributed by atoms with E-state index >= 15 is 0 Å². The van der Waals surface area contributed by atoms with E-state index in [2.05, 4.69) is 12.2 Å². The van der Waals surface area contributed by atoms with E-state index in [1.165, 1.54) is 49.9 Å². The Labute approximate surface area is 125 Å². The van der Waals surface area contributed by atoms with Crippen LogP contribution in [-0.2, 0) is 6.54 Å². The lowest BCUT2D eigenvalue weighted by atomic mass is 9.93. The van der Waals surface area contributed by atoms with Gasteiger partial charge in [0.05, 0.1) is 0 Å². The Hall–Kier alpha value is -0.870. The van der Waals surface area contributed by atoms with Crippen molar-refractivity contribution in [3.8, 4) is 0 Å². The molecule has 2 rings (SSSR count). The molecule has 1 aromatic rings. The molecule has 1 aliphatic carbocycles. The Morgan fingerprint density at radius 3 is 2.60 bits per heavy atom. The second-order valence-electron chi connectivity index (χ2n) is 5.92. The maximum absolute atomic E-state index is 11.0. The van der Waals surface area contributed by atoms with Crippen molar-refractivity contribution in [3.63, 3.8) is 0 Å². The number of nitrogens with one attached hydrogen (secondary N) is 1. The van der Waals surface area contributed by atoms with Gasteiger partial charge in [0.15, 0.2) is 0 Å². The van der Waals surface area contributed by atoms with E-state index in [9.17, 15) is 4.79 Å². The molecule has 4 heteroatoms. The Kier molecular flexibility index (Phi) is 5.61. The molecule has 1 fully saturated rings. The zero-order valence-electron chi connectivity index (χ0n) is 12.4. The van der Waals surface area contributed by atoms with Crippen LogP contribution in [0.25, 0.3) is 0 Å². The highest BCUT2D eigenvalue weighted by atomic mass is 32.1. The molecule has 0 amide bonds. The third kappa shape index (κ3) is 4.06. The van der Waals surface area contributed by atoms with Gasteiger partial charge < -0.3 is 10.4 Å². The topological polar surface area (TPSA) is 49.3 Å². The number of carboxylic acid groups (broad SMARTS) is 1. The fourth-order valence-corrected chi connectivity index (χ4v) is 3.93. The average molecular weight is 295 g/mol. The predicted octanol–water partition coefficient (Wildman–Crippen LogP) is 4.20. The maximum atomic E-state index is 11.0. The van der Waals surface area contributed by atoms with Crippen molar-refractivity contribution < 1.29 is 9.90 Å². The third-order valence-electron chi connectivity index (χ3n) is 4.45. The lowest BCUT2D eigenvalue weighted by Gasteiger charge is -2.23. The zero-order valence-corrected chi connectivity index (χ0v) is 13.3. The molecule has 112 valence electrons.